The standard InChI is InChI=1S/C42H30N4/c1-3-14-28(15-4-1)39-33-20-9-11-21-35(33)43-42(44-39)46-37-26-23-27-13-7-8-18-30(27)38(37)34-25-24-32-31-19-10-12-22-36(31)45(40(32)41(34)46)29-16-5-2-6-17-29/h1-23,26-27,30H,24-25H2. The maximum Gasteiger partial charge on any atom is 0.235 e. The van der Waals surface area contributed by atoms with Crippen LogP contribution in [0.15, 0.2) is 140 Å². The minimum Gasteiger partial charge on any atom is -0.307 e. The first-order valence-corrected chi connectivity index (χ1v) is 16.2. The van der Waals surface area contributed by atoms with Crippen LogP contribution in [-0.4, -0.2) is 19.1 Å². The maximum absolute atomic E-state index is 5.44. The topological polar surface area (TPSA) is 35.6 Å². The number of aryl methyl sites for hydroxylation is 1. The summed E-state index contributed by atoms with van der Waals surface area (Å²) in [6.45, 7) is 0. The molecular weight excluding hydrogens is 560 g/mol. The van der Waals surface area contributed by atoms with Crippen LogP contribution in [0.2, 0.25) is 0 Å². The second-order valence-corrected chi connectivity index (χ2v) is 12.5. The molecule has 3 aliphatic rings. The zero-order valence-corrected chi connectivity index (χ0v) is 25.2. The Morgan fingerprint density at radius 1 is 0.587 bits per heavy atom. The summed E-state index contributed by atoms with van der Waals surface area (Å²) in [6.07, 6.45) is 15.8. The lowest BCUT2D eigenvalue weighted by Gasteiger charge is -2.27. The molecule has 3 aliphatic carbocycles. The molecule has 2 unspecified atom stereocenters. The van der Waals surface area contributed by atoms with Crippen LogP contribution in [0.1, 0.15) is 28.3 Å². The van der Waals surface area contributed by atoms with Crippen molar-refractivity contribution in [3.63, 3.8) is 0 Å². The summed E-state index contributed by atoms with van der Waals surface area (Å²) in [6, 6.07) is 38.6. The van der Waals surface area contributed by atoms with Gasteiger partial charge in [-0.05, 0) is 59.9 Å². The van der Waals surface area contributed by atoms with Crippen molar-refractivity contribution in [2.45, 2.75) is 18.8 Å². The normalized spacial score (nSPS) is 17.6. The minimum absolute atomic E-state index is 0.283. The van der Waals surface area contributed by atoms with E-state index in [4.69, 9.17) is 9.97 Å². The van der Waals surface area contributed by atoms with E-state index in [2.05, 4.69) is 155 Å². The Bertz CT molecular complexity index is 2420. The molecule has 4 nitrogen and oxygen atoms in total. The third kappa shape index (κ3) is 3.61. The van der Waals surface area contributed by atoms with E-state index in [1.165, 1.54) is 44.7 Å². The Balaban J connectivity index is 1.36. The molecule has 10 rings (SSSR count). The molecule has 4 aromatic carbocycles. The number of nitrogens with zero attached hydrogens (tertiary/aromatic N) is 4. The molecule has 3 heterocycles. The summed E-state index contributed by atoms with van der Waals surface area (Å²) in [7, 11) is 0. The molecule has 46 heavy (non-hydrogen) atoms. The molecule has 0 amide bonds. The number of allylic oxidation sites excluding steroid dienone is 5. The molecule has 0 N–H and O–H groups in total. The molecule has 0 bridgehead atoms. The van der Waals surface area contributed by atoms with Gasteiger partial charge < -0.3 is 4.57 Å². The lowest BCUT2D eigenvalue weighted by atomic mass is 9.76. The zero-order valence-electron chi connectivity index (χ0n) is 25.2. The van der Waals surface area contributed by atoms with Crippen LogP contribution >= 0.6 is 0 Å². The van der Waals surface area contributed by atoms with Crippen molar-refractivity contribution in [1.29, 1.82) is 0 Å². The summed E-state index contributed by atoms with van der Waals surface area (Å²) < 4.78 is 4.86. The van der Waals surface area contributed by atoms with Crippen LogP contribution in [0.4, 0.5) is 0 Å². The molecule has 218 valence electrons. The summed E-state index contributed by atoms with van der Waals surface area (Å²) in [5.41, 5.74) is 13.3. The van der Waals surface area contributed by atoms with Gasteiger partial charge in [-0.1, -0.05) is 115 Å². The van der Waals surface area contributed by atoms with Crippen LogP contribution in [0, 0.1) is 5.92 Å². The van der Waals surface area contributed by atoms with Gasteiger partial charge in [0.05, 0.1) is 33.8 Å². The molecular formula is C42H30N4. The fourth-order valence-corrected chi connectivity index (χ4v) is 8.09. The minimum atomic E-state index is 0.283. The average molecular weight is 591 g/mol. The van der Waals surface area contributed by atoms with Gasteiger partial charge >= 0.3 is 0 Å². The van der Waals surface area contributed by atoms with Crippen LogP contribution in [0.3, 0.4) is 0 Å². The predicted octanol–water partition coefficient (Wildman–Crippen LogP) is 9.65. The first kappa shape index (κ1) is 25.6. The van der Waals surface area contributed by atoms with Crippen LogP contribution in [0.5, 0.6) is 0 Å². The first-order chi connectivity index (χ1) is 22.8. The van der Waals surface area contributed by atoms with Crippen LogP contribution in [0.25, 0.3) is 62.2 Å². The average Bonchev–Trinajstić information content (AvgIpc) is 3.65. The fraction of sp³-hybridized carbons (Fsp3) is 0.0952. The number of aromatic nitrogens is 4. The maximum atomic E-state index is 5.44. The molecule has 3 aromatic heterocycles. The van der Waals surface area contributed by atoms with Gasteiger partial charge in [-0.3, -0.25) is 4.57 Å². The second kappa shape index (κ2) is 9.88. The van der Waals surface area contributed by atoms with Crippen molar-refractivity contribution >= 4 is 27.9 Å². The van der Waals surface area contributed by atoms with E-state index < -0.39 is 0 Å². The van der Waals surface area contributed by atoms with Gasteiger partial charge in [0.2, 0.25) is 5.95 Å². The highest BCUT2D eigenvalue weighted by Crippen LogP contribution is 2.51. The molecule has 7 aromatic rings. The number of para-hydroxylation sites is 3. The van der Waals surface area contributed by atoms with Gasteiger partial charge in [0.15, 0.2) is 0 Å². The van der Waals surface area contributed by atoms with Crippen molar-refractivity contribution in [3.8, 4) is 34.3 Å². The Morgan fingerprint density at radius 3 is 2.15 bits per heavy atom. The van der Waals surface area contributed by atoms with E-state index in [0.717, 1.165) is 40.7 Å². The molecule has 0 saturated carbocycles. The van der Waals surface area contributed by atoms with Gasteiger partial charge in [0.1, 0.15) is 0 Å². The van der Waals surface area contributed by atoms with E-state index in [1.54, 1.807) is 0 Å². The van der Waals surface area contributed by atoms with Crippen molar-refractivity contribution in [2.75, 3.05) is 0 Å². The number of hydrogen-bond acceptors (Lipinski definition) is 2. The lowest BCUT2D eigenvalue weighted by molar-refractivity contribution is 0.681. The third-order valence-electron chi connectivity index (χ3n) is 10.0. The highest BCUT2D eigenvalue weighted by atomic mass is 15.2. The molecule has 0 radical (unpaired) electrons. The van der Waals surface area contributed by atoms with E-state index in [9.17, 15) is 0 Å². The first-order valence-electron chi connectivity index (χ1n) is 16.2. The summed E-state index contributed by atoms with van der Waals surface area (Å²) >= 11 is 0. The summed E-state index contributed by atoms with van der Waals surface area (Å²) in [5, 5.41) is 2.37. The Morgan fingerprint density at radius 2 is 1.28 bits per heavy atom. The molecule has 0 aliphatic heterocycles. The Kier molecular flexibility index (Phi) is 5.49. The van der Waals surface area contributed by atoms with Gasteiger partial charge in [-0.25, -0.2) is 9.97 Å². The number of fused-ring (bicyclic) bond motifs is 10. The van der Waals surface area contributed by atoms with Crippen molar-refractivity contribution in [1.82, 2.24) is 19.1 Å². The Hall–Kier alpha value is -5.74. The summed E-state index contributed by atoms with van der Waals surface area (Å²) in [5.74, 6) is 1.34. The monoisotopic (exact) mass is 590 g/mol. The smallest absolute Gasteiger partial charge is 0.235 e. The Labute approximate surface area is 267 Å². The third-order valence-corrected chi connectivity index (χ3v) is 10.0. The van der Waals surface area contributed by atoms with E-state index in [-0.39, 0.29) is 5.92 Å². The fourth-order valence-electron chi connectivity index (χ4n) is 8.09. The molecule has 0 saturated heterocycles. The number of benzene rings is 4. The van der Waals surface area contributed by atoms with Crippen LogP contribution < -0.4 is 0 Å². The predicted molar refractivity (Wildman–Crippen MR) is 188 cm³/mol. The molecule has 0 spiro atoms. The van der Waals surface area contributed by atoms with E-state index in [1.807, 2.05) is 0 Å². The van der Waals surface area contributed by atoms with Gasteiger partial charge in [-0.2, -0.15) is 0 Å². The second-order valence-electron chi connectivity index (χ2n) is 12.5. The van der Waals surface area contributed by atoms with Gasteiger partial charge in [0, 0.05) is 33.9 Å². The number of hydrogen-bond donors (Lipinski definition) is 0. The largest absolute Gasteiger partial charge is 0.307 e. The lowest BCUT2D eigenvalue weighted by Crippen LogP contribution is -2.15. The van der Waals surface area contributed by atoms with Crippen LogP contribution in [-0.2, 0) is 12.8 Å². The zero-order chi connectivity index (χ0) is 30.2. The number of rotatable bonds is 3. The van der Waals surface area contributed by atoms with Crippen molar-refractivity contribution in [2.24, 2.45) is 5.92 Å². The van der Waals surface area contributed by atoms with E-state index >= 15 is 0 Å². The van der Waals surface area contributed by atoms with Gasteiger partial charge in [0.25, 0.3) is 0 Å². The highest BCUT2D eigenvalue weighted by Gasteiger charge is 2.38. The van der Waals surface area contributed by atoms with Crippen molar-refractivity contribution in [3.05, 3.63) is 162 Å². The van der Waals surface area contributed by atoms with Gasteiger partial charge in [-0.15, -0.1) is 0 Å². The van der Waals surface area contributed by atoms with E-state index in [0.29, 0.717) is 11.9 Å². The molecule has 0 fully saturated rings. The molecule has 2 atom stereocenters. The summed E-state index contributed by atoms with van der Waals surface area (Å²) in [4.78, 5) is 10.8. The quantitative estimate of drug-likeness (QED) is 0.205. The molecule has 4 heteroatoms. The SMILES string of the molecule is C1=CC2C=Cc3c(c4c(n3-c3nc(-c5ccccc5)c5ccccc5n3)-c3c(c5ccccc5n3-c3ccccc3)CC4)C2C=C1. The highest BCUT2D eigenvalue weighted by molar-refractivity contribution is 5.97. The van der Waals surface area contributed by atoms with Crippen molar-refractivity contribution < 1.29 is 0 Å².